The van der Waals surface area contributed by atoms with Crippen molar-refractivity contribution < 1.29 is 18.3 Å². The fourth-order valence-corrected chi connectivity index (χ4v) is 3.77. The zero-order valence-electron chi connectivity index (χ0n) is 11.1. The predicted octanol–water partition coefficient (Wildman–Crippen LogP) is -0.155. The molecule has 1 saturated heterocycles. The van der Waals surface area contributed by atoms with Gasteiger partial charge in [-0.15, -0.1) is 0 Å². The second-order valence-corrected chi connectivity index (χ2v) is 7.10. The molecule has 20 heavy (non-hydrogen) atoms. The van der Waals surface area contributed by atoms with Crippen LogP contribution in [-0.2, 0) is 14.6 Å². The van der Waals surface area contributed by atoms with Gasteiger partial charge >= 0.3 is 0 Å². The molecule has 1 aliphatic rings. The summed E-state index contributed by atoms with van der Waals surface area (Å²) >= 11 is 0. The fraction of sp³-hybridized carbons (Fsp3) is 0.500. The van der Waals surface area contributed by atoms with Crippen molar-refractivity contribution in [2.75, 3.05) is 30.4 Å². The molecule has 110 valence electrons. The number of carbonyl (C=O) groups excluding carboxylic acids is 1. The van der Waals surface area contributed by atoms with Crippen molar-refractivity contribution in [2.45, 2.75) is 12.5 Å². The molecule has 8 heteroatoms. The second kappa shape index (κ2) is 5.76. The number of carbonyl (C=O) groups is 1. The van der Waals surface area contributed by atoms with E-state index in [0.717, 1.165) is 0 Å². The van der Waals surface area contributed by atoms with E-state index >= 15 is 0 Å². The summed E-state index contributed by atoms with van der Waals surface area (Å²) in [5.41, 5.74) is 0. The van der Waals surface area contributed by atoms with Crippen LogP contribution in [0.15, 0.2) is 18.3 Å². The van der Waals surface area contributed by atoms with Crippen LogP contribution >= 0.6 is 0 Å². The maximum atomic E-state index is 11.9. The van der Waals surface area contributed by atoms with Crippen molar-refractivity contribution in [1.29, 1.82) is 0 Å². The maximum Gasteiger partial charge on any atom is 0.227 e. The van der Waals surface area contributed by atoms with Crippen LogP contribution < -0.4 is 5.32 Å². The van der Waals surface area contributed by atoms with Gasteiger partial charge in [0.05, 0.1) is 11.5 Å². The number of nitrogens with one attached hydrogen (secondary N) is 1. The molecule has 1 aliphatic heterocycles. The zero-order chi connectivity index (χ0) is 14.8. The van der Waals surface area contributed by atoms with Gasteiger partial charge in [-0.3, -0.25) is 4.79 Å². The van der Waals surface area contributed by atoms with Crippen molar-refractivity contribution in [3.05, 3.63) is 18.3 Å². The summed E-state index contributed by atoms with van der Waals surface area (Å²) < 4.78 is 23.2. The summed E-state index contributed by atoms with van der Waals surface area (Å²) in [6, 6.07) is 2.62. The lowest BCUT2D eigenvalue weighted by Gasteiger charge is -2.31. The smallest absolute Gasteiger partial charge is 0.227 e. The number of hydrogen-bond acceptors (Lipinski definition) is 6. The molecule has 2 heterocycles. The van der Waals surface area contributed by atoms with Crippen LogP contribution in [0.5, 0.6) is 5.75 Å². The molecular weight excluding hydrogens is 282 g/mol. The molecule has 0 bridgehead atoms. The number of rotatable bonds is 3. The third kappa shape index (κ3) is 3.67. The van der Waals surface area contributed by atoms with E-state index in [1.807, 2.05) is 4.90 Å². The number of pyridine rings is 1. The molecular formula is C12H17N3O4S. The number of aromatic hydroxyl groups is 1. The van der Waals surface area contributed by atoms with Gasteiger partial charge in [0, 0.05) is 25.2 Å². The van der Waals surface area contributed by atoms with E-state index in [2.05, 4.69) is 10.3 Å². The standard InChI is InChI=1S/C12H17N3O4S/c1-15-5-6-20(18,19)8-9(15)7-11(17)14-12-10(16)3-2-4-13-12/h2-4,9,16H,5-8H2,1H3,(H,13,14,17). The van der Waals surface area contributed by atoms with Gasteiger partial charge in [-0.05, 0) is 19.2 Å². The van der Waals surface area contributed by atoms with Crippen molar-refractivity contribution in [1.82, 2.24) is 9.88 Å². The molecule has 1 unspecified atom stereocenters. The van der Waals surface area contributed by atoms with Gasteiger partial charge in [0.25, 0.3) is 0 Å². The Morgan fingerprint density at radius 3 is 3.05 bits per heavy atom. The Balaban J connectivity index is 1.99. The van der Waals surface area contributed by atoms with Crippen molar-refractivity contribution in [2.24, 2.45) is 0 Å². The minimum absolute atomic E-state index is 0.0227. The van der Waals surface area contributed by atoms with E-state index in [4.69, 9.17) is 0 Å². The van der Waals surface area contributed by atoms with Gasteiger partial charge in [0.1, 0.15) is 0 Å². The van der Waals surface area contributed by atoms with E-state index in [9.17, 15) is 18.3 Å². The van der Waals surface area contributed by atoms with Gasteiger partial charge in [-0.25, -0.2) is 13.4 Å². The van der Waals surface area contributed by atoms with Crippen LogP contribution in [-0.4, -0.2) is 60.5 Å². The topological polar surface area (TPSA) is 99.6 Å². The third-order valence-electron chi connectivity index (χ3n) is 3.29. The minimum atomic E-state index is -3.08. The second-order valence-electron chi connectivity index (χ2n) is 4.87. The Hall–Kier alpha value is -1.67. The molecule has 0 aromatic carbocycles. The quantitative estimate of drug-likeness (QED) is 0.805. The van der Waals surface area contributed by atoms with Crippen LogP contribution in [0.3, 0.4) is 0 Å². The molecule has 0 aliphatic carbocycles. The average molecular weight is 299 g/mol. The number of hydrogen-bond donors (Lipinski definition) is 2. The molecule has 0 radical (unpaired) electrons. The first kappa shape index (κ1) is 14.7. The lowest BCUT2D eigenvalue weighted by Crippen LogP contribution is -2.47. The molecule has 2 N–H and O–H groups in total. The lowest BCUT2D eigenvalue weighted by molar-refractivity contribution is -0.117. The summed E-state index contributed by atoms with van der Waals surface area (Å²) in [6.45, 7) is 0.426. The maximum absolute atomic E-state index is 11.9. The highest BCUT2D eigenvalue weighted by molar-refractivity contribution is 7.91. The van der Waals surface area contributed by atoms with Gasteiger partial charge in [0.2, 0.25) is 5.91 Å². The van der Waals surface area contributed by atoms with E-state index in [1.165, 1.54) is 12.3 Å². The number of nitrogens with zero attached hydrogens (tertiary/aromatic N) is 2. The summed E-state index contributed by atoms with van der Waals surface area (Å²) in [6.07, 6.45) is 1.50. The highest BCUT2D eigenvalue weighted by atomic mass is 32.2. The Labute approximate surface area is 117 Å². The summed E-state index contributed by atoms with van der Waals surface area (Å²) in [4.78, 5) is 17.6. The van der Waals surface area contributed by atoms with E-state index in [1.54, 1.807) is 13.1 Å². The van der Waals surface area contributed by atoms with Gasteiger partial charge in [-0.1, -0.05) is 0 Å². The molecule has 2 rings (SSSR count). The predicted molar refractivity (Wildman–Crippen MR) is 74.2 cm³/mol. The molecule has 1 aromatic rings. The molecule has 7 nitrogen and oxygen atoms in total. The Kier molecular flexibility index (Phi) is 4.24. The highest BCUT2D eigenvalue weighted by Crippen LogP contribution is 2.19. The number of anilines is 1. The summed E-state index contributed by atoms with van der Waals surface area (Å²) in [7, 11) is -1.28. The molecule has 0 spiro atoms. The van der Waals surface area contributed by atoms with Crippen LogP contribution in [0.4, 0.5) is 5.82 Å². The van der Waals surface area contributed by atoms with Crippen LogP contribution in [0.1, 0.15) is 6.42 Å². The number of sulfone groups is 1. The Bertz CT molecular complexity index is 602. The van der Waals surface area contributed by atoms with Crippen LogP contribution in [0.25, 0.3) is 0 Å². The third-order valence-corrected chi connectivity index (χ3v) is 4.99. The van der Waals surface area contributed by atoms with E-state index in [-0.39, 0.29) is 41.4 Å². The first-order valence-electron chi connectivity index (χ1n) is 6.22. The lowest BCUT2D eigenvalue weighted by atomic mass is 10.2. The first-order valence-corrected chi connectivity index (χ1v) is 8.04. The molecule has 1 aromatic heterocycles. The monoisotopic (exact) mass is 299 g/mol. The van der Waals surface area contributed by atoms with Crippen LogP contribution in [0, 0.1) is 0 Å². The van der Waals surface area contributed by atoms with Crippen molar-refractivity contribution >= 4 is 21.6 Å². The van der Waals surface area contributed by atoms with Crippen molar-refractivity contribution in [3.63, 3.8) is 0 Å². The van der Waals surface area contributed by atoms with E-state index in [0.29, 0.717) is 6.54 Å². The average Bonchev–Trinajstić information content (AvgIpc) is 2.36. The molecule has 1 fully saturated rings. The fourth-order valence-electron chi connectivity index (χ4n) is 2.07. The molecule has 1 amide bonds. The van der Waals surface area contributed by atoms with Crippen molar-refractivity contribution in [3.8, 4) is 5.75 Å². The van der Waals surface area contributed by atoms with Gasteiger partial charge in [0.15, 0.2) is 21.4 Å². The van der Waals surface area contributed by atoms with E-state index < -0.39 is 9.84 Å². The SMILES string of the molecule is CN1CCS(=O)(=O)CC1CC(=O)Nc1ncccc1O. The van der Waals surface area contributed by atoms with Crippen LogP contribution in [0.2, 0.25) is 0 Å². The van der Waals surface area contributed by atoms with Gasteiger partial charge in [-0.2, -0.15) is 0 Å². The molecule has 0 saturated carbocycles. The number of amides is 1. The number of aromatic nitrogens is 1. The highest BCUT2D eigenvalue weighted by Gasteiger charge is 2.30. The summed E-state index contributed by atoms with van der Waals surface area (Å²) in [5.74, 6) is -0.300. The van der Waals surface area contributed by atoms with Gasteiger partial charge < -0.3 is 15.3 Å². The Morgan fingerprint density at radius 1 is 1.60 bits per heavy atom. The normalized spacial score (nSPS) is 22.4. The zero-order valence-corrected chi connectivity index (χ0v) is 11.9. The summed E-state index contributed by atoms with van der Waals surface area (Å²) in [5, 5.41) is 12.0. The Morgan fingerprint density at radius 2 is 2.35 bits per heavy atom. The molecule has 1 atom stereocenters. The largest absolute Gasteiger partial charge is 0.504 e. The first-order chi connectivity index (χ1) is 9.37. The minimum Gasteiger partial charge on any atom is -0.504 e.